The van der Waals surface area contributed by atoms with Crippen molar-refractivity contribution in [1.82, 2.24) is 10.2 Å². The van der Waals surface area contributed by atoms with Gasteiger partial charge in [0, 0.05) is 13.0 Å². The predicted molar refractivity (Wildman–Crippen MR) is 166 cm³/mol. The normalized spacial score (nSPS) is 12.6. The monoisotopic (exact) mass is 593 g/mol. The van der Waals surface area contributed by atoms with E-state index in [9.17, 15) is 19.5 Å². The SMILES string of the molecule is CCCN(C(=O)C(Cc1ccc(O)cc1)NC(=O)OC(C)(C)C)C(C(=O)Nc1c(C)cccc1Cl)c1cccc(C)c1. The molecule has 3 aromatic rings. The fraction of sp³-hybridized carbons (Fsp3) is 0.364. The van der Waals surface area contributed by atoms with Crippen molar-refractivity contribution in [2.75, 3.05) is 11.9 Å². The number of phenolic OH excluding ortho intramolecular Hbond substituents is 1. The van der Waals surface area contributed by atoms with Crippen molar-refractivity contribution in [1.29, 1.82) is 0 Å². The number of carbonyl (C=O) groups excluding carboxylic acids is 3. The number of hydrogen-bond acceptors (Lipinski definition) is 5. The molecule has 0 aromatic heterocycles. The molecule has 0 aliphatic carbocycles. The lowest BCUT2D eigenvalue weighted by molar-refractivity contribution is -0.140. The minimum Gasteiger partial charge on any atom is -0.508 e. The van der Waals surface area contributed by atoms with Crippen LogP contribution in [0.15, 0.2) is 66.7 Å². The Hall–Kier alpha value is -4.04. The molecule has 2 atom stereocenters. The minimum absolute atomic E-state index is 0.0837. The fourth-order valence-corrected chi connectivity index (χ4v) is 4.89. The highest BCUT2D eigenvalue weighted by atomic mass is 35.5. The number of nitrogens with one attached hydrogen (secondary N) is 2. The van der Waals surface area contributed by atoms with E-state index in [1.807, 2.05) is 51.1 Å². The maximum atomic E-state index is 14.4. The first kappa shape index (κ1) is 32.5. The molecule has 0 saturated carbocycles. The lowest BCUT2D eigenvalue weighted by Crippen LogP contribution is -2.53. The molecule has 3 aromatic carbocycles. The van der Waals surface area contributed by atoms with Gasteiger partial charge in [-0.05, 0) is 75.9 Å². The summed E-state index contributed by atoms with van der Waals surface area (Å²) >= 11 is 6.44. The highest BCUT2D eigenvalue weighted by Crippen LogP contribution is 2.30. The number of hydrogen-bond donors (Lipinski definition) is 3. The van der Waals surface area contributed by atoms with Gasteiger partial charge in [-0.1, -0.05) is 72.6 Å². The van der Waals surface area contributed by atoms with E-state index < -0.39 is 35.6 Å². The van der Waals surface area contributed by atoms with Crippen molar-refractivity contribution in [3.05, 3.63) is 94.0 Å². The standard InChI is InChI=1S/C33H40ClN3O5/c1-7-18-37(31(40)27(35-32(41)42-33(4,5)6)20-23-14-16-25(38)17-15-23)29(24-12-8-10-21(2)19-24)30(39)36-28-22(3)11-9-13-26(28)34/h8-17,19,27,29,38H,7,18,20H2,1-6H3,(H,35,41)(H,36,39). The van der Waals surface area contributed by atoms with Crippen LogP contribution in [0.5, 0.6) is 5.75 Å². The third-order valence-corrected chi connectivity index (χ3v) is 6.82. The first-order valence-corrected chi connectivity index (χ1v) is 14.4. The van der Waals surface area contributed by atoms with Gasteiger partial charge in [0.2, 0.25) is 5.91 Å². The van der Waals surface area contributed by atoms with E-state index in [0.29, 0.717) is 28.3 Å². The summed E-state index contributed by atoms with van der Waals surface area (Å²) in [6.45, 7) is 11.1. The predicted octanol–water partition coefficient (Wildman–Crippen LogP) is 6.72. The highest BCUT2D eigenvalue weighted by molar-refractivity contribution is 6.34. The number of alkyl carbamates (subject to hydrolysis) is 1. The van der Waals surface area contributed by atoms with E-state index in [2.05, 4.69) is 10.6 Å². The van der Waals surface area contributed by atoms with E-state index in [1.54, 1.807) is 45.0 Å². The number of para-hydroxylation sites is 1. The quantitative estimate of drug-likeness (QED) is 0.242. The smallest absolute Gasteiger partial charge is 0.408 e. The Morgan fingerprint density at radius 2 is 1.67 bits per heavy atom. The molecule has 42 heavy (non-hydrogen) atoms. The second-order valence-electron chi connectivity index (χ2n) is 11.3. The Balaban J connectivity index is 2.07. The number of benzene rings is 3. The maximum Gasteiger partial charge on any atom is 0.408 e. The van der Waals surface area contributed by atoms with Crippen LogP contribution in [0.2, 0.25) is 5.02 Å². The second-order valence-corrected chi connectivity index (χ2v) is 11.7. The van der Waals surface area contributed by atoms with Crippen molar-refractivity contribution in [3.8, 4) is 5.75 Å². The van der Waals surface area contributed by atoms with Crippen LogP contribution in [-0.2, 0) is 20.7 Å². The lowest BCUT2D eigenvalue weighted by Gasteiger charge is -2.34. The third kappa shape index (κ3) is 8.98. The molecular weight excluding hydrogens is 554 g/mol. The van der Waals surface area contributed by atoms with Gasteiger partial charge in [-0.25, -0.2) is 4.79 Å². The number of rotatable bonds is 10. The molecule has 2 unspecified atom stereocenters. The van der Waals surface area contributed by atoms with Gasteiger partial charge in [-0.3, -0.25) is 9.59 Å². The first-order chi connectivity index (χ1) is 19.8. The molecule has 0 heterocycles. The van der Waals surface area contributed by atoms with E-state index in [0.717, 1.165) is 11.1 Å². The van der Waals surface area contributed by atoms with Gasteiger partial charge < -0.3 is 25.4 Å². The minimum atomic E-state index is -1.06. The van der Waals surface area contributed by atoms with Gasteiger partial charge in [0.15, 0.2) is 0 Å². The molecule has 224 valence electrons. The summed E-state index contributed by atoms with van der Waals surface area (Å²) in [5.41, 5.74) is 2.73. The molecule has 0 bridgehead atoms. The van der Waals surface area contributed by atoms with Crippen LogP contribution in [0.1, 0.15) is 62.4 Å². The zero-order chi connectivity index (χ0) is 31.0. The van der Waals surface area contributed by atoms with E-state index in [1.165, 1.54) is 17.0 Å². The summed E-state index contributed by atoms with van der Waals surface area (Å²) in [7, 11) is 0. The van der Waals surface area contributed by atoms with Gasteiger partial charge in [0.25, 0.3) is 5.91 Å². The number of aromatic hydroxyl groups is 1. The summed E-state index contributed by atoms with van der Waals surface area (Å²) in [5, 5.41) is 15.8. The number of amides is 3. The Morgan fingerprint density at radius 1 is 1.00 bits per heavy atom. The van der Waals surface area contributed by atoms with Crippen molar-refractivity contribution in [2.45, 2.75) is 72.1 Å². The average molecular weight is 594 g/mol. The molecule has 3 amide bonds. The van der Waals surface area contributed by atoms with Gasteiger partial charge in [-0.2, -0.15) is 0 Å². The number of nitrogens with zero attached hydrogens (tertiary/aromatic N) is 1. The van der Waals surface area contributed by atoms with Crippen LogP contribution in [0.3, 0.4) is 0 Å². The van der Waals surface area contributed by atoms with Crippen molar-refractivity contribution < 1.29 is 24.2 Å². The molecule has 0 spiro atoms. The molecule has 9 heteroatoms. The van der Waals surface area contributed by atoms with Crippen LogP contribution < -0.4 is 10.6 Å². The van der Waals surface area contributed by atoms with Gasteiger partial charge >= 0.3 is 6.09 Å². The summed E-state index contributed by atoms with van der Waals surface area (Å²) in [6, 6.07) is 17.1. The molecule has 3 N–H and O–H groups in total. The topological polar surface area (TPSA) is 108 Å². The first-order valence-electron chi connectivity index (χ1n) is 14.0. The summed E-state index contributed by atoms with van der Waals surface area (Å²) < 4.78 is 5.47. The number of anilines is 1. The largest absolute Gasteiger partial charge is 0.508 e. The molecule has 0 aliphatic rings. The molecule has 0 saturated heterocycles. The van der Waals surface area contributed by atoms with Crippen molar-refractivity contribution in [3.63, 3.8) is 0 Å². The van der Waals surface area contributed by atoms with Crippen LogP contribution >= 0.6 is 11.6 Å². The third-order valence-electron chi connectivity index (χ3n) is 6.50. The molecule has 0 aliphatic heterocycles. The Bertz CT molecular complexity index is 1380. The second kappa shape index (κ2) is 14.2. The summed E-state index contributed by atoms with van der Waals surface area (Å²) in [5.74, 6) is -0.798. The zero-order valence-electron chi connectivity index (χ0n) is 25.0. The van der Waals surface area contributed by atoms with E-state index >= 15 is 0 Å². The number of phenols is 1. The summed E-state index contributed by atoms with van der Waals surface area (Å²) in [6.07, 6.45) is -0.0749. The van der Waals surface area contributed by atoms with Crippen molar-refractivity contribution >= 4 is 35.2 Å². The Labute approximate surface area is 253 Å². The lowest BCUT2D eigenvalue weighted by atomic mass is 9.98. The average Bonchev–Trinajstić information content (AvgIpc) is 2.90. The number of ether oxygens (including phenoxy) is 1. The van der Waals surface area contributed by atoms with Crippen LogP contribution in [0.4, 0.5) is 10.5 Å². The number of aryl methyl sites for hydroxylation is 2. The highest BCUT2D eigenvalue weighted by Gasteiger charge is 2.36. The van der Waals surface area contributed by atoms with Crippen LogP contribution in [-0.4, -0.2) is 46.1 Å². The maximum absolute atomic E-state index is 14.4. The van der Waals surface area contributed by atoms with Gasteiger partial charge in [-0.15, -0.1) is 0 Å². The molecule has 3 rings (SSSR count). The molecule has 0 radical (unpaired) electrons. The van der Waals surface area contributed by atoms with E-state index in [4.69, 9.17) is 16.3 Å². The summed E-state index contributed by atoms with van der Waals surface area (Å²) in [4.78, 5) is 42.9. The number of halogens is 1. The Kier molecular flexibility index (Phi) is 11.0. The van der Waals surface area contributed by atoms with Crippen molar-refractivity contribution in [2.24, 2.45) is 0 Å². The zero-order valence-corrected chi connectivity index (χ0v) is 25.8. The van der Waals surface area contributed by atoms with Gasteiger partial charge in [0.05, 0.1) is 10.7 Å². The van der Waals surface area contributed by atoms with Crippen LogP contribution in [0, 0.1) is 13.8 Å². The van der Waals surface area contributed by atoms with Gasteiger partial charge in [0.1, 0.15) is 23.4 Å². The Morgan fingerprint density at radius 3 is 2.26 bits per heavy atom. The number of carbonyl (C=O) groups is 3. The fourth-order valence-electron chi connectivity index (χ4n) is 4.62. The molecular formula is C33H40ClN3O5. The van der Waals surface area contributed by atoms with Crippen LogP contribution in [0.25, 0.3) is 0 Å². The van der Waals surface area contributed by atoms with E-state index in [-0.39, 0.29) is 18.7 Å². The molecule has 0 fully saturated rings. The molecule has 8 nitrogen and oxygen atoms in total.